The van der Waals surface area contributed by atoms with Crippen molar-refractivity contribution in [3.63, 3.8) is 0 Å². The number of ether oxygens (including phenoxy) is 1. The smallest absolute Gasteiger partial charge is 0.220 e. The molecule has 106 valence electrons. The molecule has 1 atom stereocenters. The predicted octanol–water partition coefficient (Wildman–Crippen LogP) is 0.927. The zero-order valence-corrected chi connectivity index (χ0v) is 11.7. The molecule has 1 unspecified atom stereocenters. The maximum atomic E-state index is 11.7. The average Bonchev–Trinajstić information content (AvgIpc) is 2.43. The van der Waals surface area contributed by atoms with Crippen molar-refractivity contribution in [2.24, 2.45) is 0 Å². The van der Waals surface area contributed by atoms with Crippen molar-refractivity contribution < 1.29 is 9.53 Å². The van der Waals surface area contributed by atoms with Crippen LogP contribution < -0.4 is 10.6 Å². The van der Waals surface area contributed by atoms with Gasteiger partial charge in [-0.05, 0) is 17.5 Å². The summed E-state index contributed by atoms with van der Waals surface area (Å²) in [5.74, 6) is 0.264. The number of hydrogen-bond donors (Lipinski definition) is 2. The first-order valence-corrected chi connectivity index (χ1v) is 6.60. The fourth-order valence-corrected chi connectivity index (χ4v) is 1.73. The van der Waals surface area contributed by atoms with Crippen molar-refractivity contribution >= 4 is 5.91 Å². The van der Waals surface area contributed by atoms with Crippen LogP contribution in [0.5, 0.6) is 0 Å². The van der Waals surface area contributed by atoms with E-state index in [9.17, 15) is 4.79 Å². The molecular formula is C14H23N3O2. The number of pyridine rings is 1. The molecule has 0 radical (unpaired) electrons. The number of rotatable bonds is 9. The van der Waals surface area contributed by atoms with Crippen molar-refractivity contribution in [2.45, 2.75) is 19.3 Å². The Morgan fingerprint density at radius 3 is 2.95 bits per heavy atom. The Balaban J connectivity index is 2.14. The Morgan fingerprint density at radius 2 is 2.26 bits per heavy atom. The second kappa shape index (κ2) is 9.47. The molecule has 0 bridgehead atoms. The maximum absolute atomic E-state index is 11.7. The average molecular weight is 265 g/mol. The molecule has 5 heteroatoms. The van der Waals surface area contributed by atoms with Crippen LogP contribution in [0.2, 0.25) is 0 Å². The lowest BCUT2D eigenvalue weighted by Gasteiger charge is -2.11. The number of aromatic nitrogens is 1. The van der Waals surface area contributed by atoms with Gasteiger partial charge < -0.3 is 15.4 Å². The van der Waals surface area contributed by atoms with Gasteiger partial charge in [0.1, 0.15) is 0 Å². The van der Waals surface area contributed by atoms with E-state index in [1.165, 1.54) is 0 Å². The zero-order valence-electron chi connectivity index (χ0n) is 11.7. The molecule has 1 rings (SSSR count). The minimum Gasteiger partial charge on any atom is -0.383 e. The number of nitrogens with one attached hydrogen (secondary N) is 2. The number of hydrogen-bond acceptors (Lipinski definition) is 4. The van der Waals surface area contributed by atoms with Gasteiger partial charge in [0.2, 0.25) is 5.91 Å². The Labute approximate surface area is 114 Å². The van der Waals surface area contributed by atoms with Crippen molar-refractivity contribution in [2.75, 3.05) is 33.4 Å². The van der Waals surface area contributed by atoms with Crippen molar-refractivity contribution in [3.8, 4) is 0 Å². The summed E-state index contributed by atoms with van der Waals surface area (Å²) in [4.78, 5) is 15.8. The molecule has 1 aromatic rings. The summed E-state index contributed by atoms with van der Waals surface area (Å²) in [6.45, 7) is 4.93. The van der Waals surface area contributed by atoms with Crippen LogP contribution in [0.15, 0.2) is 24.5 Å². The van der Waals surface area contributed by atoms with E-state index in [0.717, 1.165) is 18.7 Å². The van der Waals surface area contributed by atoms with Crippen LogP contribution in [-0.2, 0) is 9.53 Å². The molecule has 0 aliphatic heterocycles. The van der Waals surface area contributed by atoms with Crippen LogP contribution in [-0.4, -0.2) is 44.2 Å². The van der Waals surface area contributed by atoms with Crippen LogP contribution in [0, 0.1) is 0 Å². The van der Waals surface area contributed by atoms with E-state index >= 15 is 0 Å². The predicted molar refractivity (Wildman–Crippen MR) is 75.0 cm³/mol. The minimum absolute atomic E-state index is 0.0740. The van der Waals surface area contributed by atoms with E-state index in [1.807, 2.05) is 25.3 Å². The summed E-state index contributed by atoms with van der Waals surface area (Å²) in [5.41, 5.74) is 1.09. The molecule has 1 amide bonds. The summed E-state index contributed by atoms with van der Waals surface area (Å²) < 4.78 is 4.92. The molecule has 0 spiro atoms. The number of nitrogens with zero attached hydrogens (tertiary/aromatic N) is 1. The molecule has 0 fully saturated rings. The van der Waals surface area contributed by atoms with Crippen molar-refractivity contribution in [1.82, 2.24) is 15.6 Å². The molecule has 1 aromatic heterocycles. The van der Waals surface area contributed by atoms with Gasteiger partial charge in [0.05, 0.1) is 6.61 Å². The summed E-state index contributed by atoms with van der Waals surface area (Å²) in [7, 11) is 1.67. The normalized spacial score (nSPS) is 12.1. The van der Waals surface area contributed by atoms with E-state index in [4.69, 9.17) is 4.74 Å². The minimum atomic E-state index is 0.0740. The van der Waals surface area contributed by atoms with Gasteiger partial charge in [-0.15, -0.1) is 0 Å². The molecule has 5 nitrogen and oxygen atoms in total. The number of amides is 1. The van der Waals surface area contributed by atoms with Crippen molar-refractivity contribution in [1.29, 1.82) is 0 Å². The van der Waals surface area contributed by atoms with Crippen LogP contribution in [0.1, 0.15) is 24.8 Å². The number of carbonyl (C=O) groups is 1. The quantitative estimate of drug-likeness (QED) is 0.652. The molecule has 0 aromatic carbocycles. The largest absolute Gasteiger partial charge is 0.383 e. The van der Waals surface area contributed by atoms with Crippen LogP contribution in [0.3, 0.4) is 0 Å². The molecule has 0 aliphatic carbocycles. The summed E-state index contributed by atoms with van der Waals surface area (Å²) in [6, 6.07) is 3.89. The first kappa shape index (κ1) is 15.6. The summed E-state index contributed by atoms with van der Waals surface area (Å²) in [6.07, 6.45) is 4.04. The fourth-order valence-electron chi connectivity index (χ4n) is 1.73. The van der Waals surface area contributed by atoms with E-state index in [2.05, 4.69) is 15.6 Å². The topological polar surface area (TPSA) is 63.2 Å². The van der Waals surface area contributed by atoms with Crippen LogP contribution >= 0.6 is 0 Å². The standard InChI is InChI=1S/C14H23N3O2/c1-12(13-4-3-5-16-11-13)10-14(18)17-7-6-15-8-9-19-2/h3-5,11-12,15H,6-10H2,1-2H3,(H,17,18). The van der Waals surface area contributed by atoms with E-state index in [1.54, 1.807) is 13.3 Å². The van der Waals surface area contributed by atoms with Gasteiger partial charge in [-0.2, -0.15) is 0 Å². The highest BCUT2D eigenvalue weighted by atomic mass is 16.5. The molecule has 0 saturated heterocycles. The number of carbonyl (C=O) groups excluding carboxylic acids is 1. The van der Waals surface area contributed by atoms with Gasteiger partial charge in [-0.3, -0.25) is 9.78 Å². The van der Waals surface area contributed by atoms with E-state index < -0.39 is 0 Å². The van der Waals surface area contributed by atoms with Gasteiger partial charge in [0.25, 0.3) is 0 Å². The van der Waals surface area contributed by atoms with E-state index in [-0.39, 0.29) is 11.8 Å². The summed E-state index contributed by atoms with van der Waals surface area (Å²) in [5, 5.41) is 6.07. The second-order valence-corrected chi connectivity index (χ2v) is 4.48. The third-order valence-electron chi connectivity index (χ3n) is 2.85. The van der Waals surface area contributed by atoms with Gasteiger partial charge in [0.15, 0.2) is 0 Å². The lowest BCUT2D eigenvalue weighted by molar-refractivity contribution is -0.121. The van der Waals surface area contributed by atoms with Crippen LogP contribution in [0.25, 0.3) is 0 Å². The molecule has 0 saturated carbocycles. The third-order valence-corrected chi connectivity index (χ3v) is 2.85. The highest BCUT2D eigenvalue weighted by molar-refractivity contribution is 5.76. The van der Waals surface area contributed by atoms with Gasteiger partial charge in [0, 0.05) is 45.6 Å². The van der Waals surface area contributed by atoms with E-state index in [0.29, 0.717) is 19.6 Å². The number of methoxy groups -OCH3 is 1. The molecule has 1 heterocycles. The van der Waals surface area contributed by atoms with Gasteiger partial charge in [-0.25, -0.2) is 0 Å². The Bertz CT molecular complexity index is 357. The monoisotopic (exact) mass is 265 g/mol. The highest BCUT2D eigenvalue weighted by Gasteiger charge is 2.10. The summed E-state index contributed by atoms with van der Waals surface area (Å²) >= 11 is 0. The first-order valence-electron chi connectivity index (χ1n) is 6.60. The SMILES string of the molecule is COCCNCCNC(=O)CC(C)c1cccnc1. The lowest BCUT2D eigenvalue weighted by atomic mass is 9.99. The molecular weight excluding hydrogens is 242 g/mol. The second-order valence-electron chi connectivity index (χ2n) is 4.48. The Kier molecular flexibility index (Phi) is 7.77. The molecule has 0 aliphatic rings. The fraction of sp³-hybridized carbons (Fsp3) is 0.571. The Hall–Kier alpha value is -1.46. The maximum Gasteiger partial charge on any atom is 0.220 e. The molecule has 19 heavy (non-hydrogen) atoms. The zero-order chi connectivity index (χ0) is 13.9. The first-order chi connectivity index (χ1) is 9.24. The van der Waals surface area contributed by atoms with Crippen molar-refractivity contribution in [3.05, 3.63) is 30.1 Å². The Morgan fingerprint density at radius 1 is 1.42 bits per heavy atom. The third kappa shape index (κ3) is 6.88. The van der Waals surface area contributed by atoms with Gasteiger partial charge >= 0.3 is 0 Å². The highest BCUT2D eigenvalue weighted by Crippen LogP contribution is 2.16. The lowest BCUT2D eigenvalue weighted by Crippen LogP contribution is -2.33. The van der Waals surface area contributed by atoms with Gasteiger partial charge in [-0.1, -0.05) is 13.0 Å². The van der Waals surface area contributed by atoms with Crippen LogP contribution in [0.4, 0.5) is 0 Å². The molecule has 2 N–H and O–H groups in total.